The second-order valence-corrected chi connectivity index (χ2v) is 8.54. The van der Waals surface area contributed by atoms with Crippen molar-refractivity contribution in [3.63, 3.8) is 0 Å². The number of amides is 1. The van der Waals surface area contributed by atoms with Gasteiger partial charge in [0.15, 0.2) is 0 Å². The van der Waals surface area contributed by atoms with Gasteiger partial charge in [0.25, 0.3) is 5.91 Å². The Kier molecular flexibility index (Phi) is 4.93. The van der Waals surface area contributed by atoms with E-state index in [1.165, 1.54) is 16.9 Å². The normalized spacial score (nSPS) is 21.5. The summed E-state index contributed by atoms with van der Waals surface area (Å²) in [7, 11) is 1.65. The van der Waals surface area contributed by atoms with Crippen molar-refractivity contribution in [3.05, 3.63) is 46.0 Å². The lowest BCUT2D eigenvalue weighted by atomic mass is 9.91. The summed E-state index contributed by atoms with van der Waals surface area (Å²) < 4.78 is 5.20. The van der Waals surface area contributed by atoms with Gasteiger partial charge in [-0.05, 0) is 55.4 Å². The number of rotatable bonds is 5. The van der Waals surface area contributed by atoms with Crippen molar-refractivity contribution in [1.82, 2.24) is 5.32 Å². The van der Waals surface area contributed by atoms with E-state index in [2.05, 4.69) is 5.32 Å². The molecule has 0 bridgehead atoms. The van der Waals surface area contributed by atoms with Crippen molar-refractivity contribution in [2.24, 2.45) is 5.73 Å². The molecule has 1 heterocycles. The summed E-state index contributed by atoms with van der Waals surface area (Å²) >= 11 is 1.25. The van der Waals surface area contributed by atoms with Crippen molar-refractivity contribution in [2.75, 3.05) is 18.6 Å². The molecule has 1 fully saturated rings. The highest BCUT2D eigenvalue weighted by molar-refractivity contribution is 7.18. The van der Waals surface area contributed by atoms with Gasteiger partial charge in [-0.25, -0.2) is 0 Å². The maximum absolute atomic E-state index is 12.8. The number of carbonyl (C=O) groups is 1. The molecule has 1 aromatic carbocycles. The number of benzene rings is 1. The van der Waals surface area contributed by atoms with E-state index in [-0.39, 0.29) is 11.9 Å². The molecule has 6 nitrogen and oxygen atoms in total. The molecule has 148 valence electrons. The second kappa shape index (κ2) is 7.39. The van der Waals surface area contributed by atoms with Gasteiger partial charge < -0.3 is 27.3 Å². The minimum atomic E-state index is -0.156. The third-order valence-electron chi connectivity index (χ3n) is 5.64. The van der Waals surface area contributed by atoms with E-state index in [4.69, 9.17) is 21.9 Å². The molecule has 1 amide bonds. The maximum atomic E-state index is 12.8. The Morgan fingerprint density at radius 3 is 2.54 bits per heavy atom. The molecule has 2 unspecified atom stereocenters. The summed E-state index contributed by atoms with van der Waals surface area (Å²) in [5, 5.41) is 3.67. The minimum Gasteiger partial charge on any atom is -0.497 e. The number of carbonyl (C=O) groups excluding carboxylic acids is 1. The lowest BCUT2D eigenvalue weighted by molar-refractivity contribution is 0.0955. The van der Waals surface area contributed by atoms with Gasteiger partial charge in [-0.3, -0.25) is 4.79 Å². The highest BCUT2D eigenvalue weighted by Gasteiger charge is 2.40. The number of thiophene rings is 1. The first kappa shape index (κ1) is 18.7. The number of hydrogen-bond donors (Lipinski definition) is 4. The van der Waals surface area contributed by atoms with Crippen molar-refractivity contribution < 1.29 is 9.53 Å². The Balaban J connectivity index is 1.48. The molecule has 0 aliphatic heterocycles. The standard InChI is InChI=1S/C21H26N4O2S/c1-27-12-8-6-11(7-9-12)14-10-16(14)25-21(26)19-18(23)17(20(24)28-19)13-4-2-3-5-15(13)22/h6-9,14,16H,2-5,10,22-24H2,1H3,(H,25,26). The molecule has 7 N–H and O–H groups in total. The predicted molar refractivity (Wildman–Crippen MR) is 114 cm³/mol. The fourth-order valence-corrected chi connectivity index (χ4v) is 4.88. The number of allylic oxidation sites excluding steroid dienone is 2. The molecule has 2 aliphatic carbocycles. The Morgan fingerprint density at radius 2 is 1.86 bits per heavy atom. The number of hydrogen-bond acceptors (Lipinski definition) is 6. The van der Waals surface area contributed by atoms with Gasteiger partial charge in [0.1, 0.15) is 10.6 Å². The van der Waals surface area contributed by atoms with Gasteiger partial charge in [0.2, 0.25) is 0 Å². The smallest absolute Gasteiger partial charge is 0.263 e. The van der Waals surface area contributed by atoms with Gasteiger partial charge >= 0.3 is 0 Å². The third-order valence-corrected chi connectivity index (χ3v) is 6.68. The van der Waals surface area contributed by atoms with Crippen LogP contribution in [0.4, 0.5) is 10.7 Å². The molecule has 1 aromatic heterocycles. The highest BCUT2D eigenvalue weighted by Crippen LogP contribution is 2.44. The monoisotopic (exact) mass is 398 g/mol. The van der Waals surface area contributed by atoms with Crippen LogP contribution in [-0.4, -0.2) is 19.1 Å². The quantitative estimate of drug-likeness (QED) is 0.615. The van der Waals surface area contributed by atoms with Crippen LogP contribution < -0.4 is 27.3 Å². The summed E-state index contributed by atoms with van der Waals surface area (Å²) in [5.74, 6) is 0.997. The molecule has 0 spiro atoms. The molecule has 2 atom stereocenters. The van der Waals surface area contributed by atoms with Gasteiger partial charge in [-0.2, -0.15) is 0 Å². The summed E-state index contributed by atoms with van der Waals surface area (Å²) in [6, 6.07) is 8.09. The SMILES string of the molecule is COc1ccc(C2CC2NC(=O)c2sc(N)c(C3=C(N)CCCC3)c2N)cc1. The molecule has 2 aromatic rings. The van der Waals surface area contributed by atoms with Gasteiger partial charge in [-0.1, -0.05) is 12.1 Å². The van der Waals surface area contributed by atoms with Crippen LogP contribution >= 0.6 is 11.3 Å². The first-order valence-electron chi connectivity index (χ1n) is 9.60. The van der Waals surface area contributed by atoms with Crippen LogP contribution in [0.2, 0.25) is 0 Å². The lowest BCUT2D eigenvalue weighted by Crippen LogP contribution is -2.26. The summed E-state index contributed by atoms with van der Waals surface area (Å²) in [6.45, 7) is 0. The molecule has 1 saturated carbocycles. The van der Waals surface area contributed by atoms with E-state index in [0.717, 1.165) is 54.7 Å². The molecule has 0 radical (unpaired) electrons. The molecule has 0 saturated heterocycles. The molecule has 4 rings (SSSR count). The third kappa shape index (κ3) is 3.42. The molecule has 28 heavy (non-hydrogen) atoms. The van der Waals surface area contributed by atoms with Crippen LogP contribution in [0.5, 0.6) is 5.75 Å². The Hall–Kier alpha value is -2.67. The molecule has 2 aliphatic rings. The average molecular weight is 399 g/mol. The fourth-order valence-electron chi connectivity index (χ4n) is 3.96. The number of ether oxygens (including phenoxy) is 1. The van der Waals surface area contributed by atoms with Gasteiger partial charge in [-0.15, -0.1) is 11.3 Å². The van der Waals surface area contributed by atoms with Crippen LogP contribution in [-0.2, 0) is 0 Å². The van der Waals surface area contributed by atoms with Gasteiger partial charge in [0.05, 0.1) is 17.8 Å². The average Bonchev–Trinajstić information content (AvgIpc) is 3.39. The predicted octanol–water partition coefficient (Wildman–Crippen LogP) is 3.45. The van der Waals surface area contributed by atoms with Gasteiger partial charge in [0, 0.05) is 23.2 Å². The number of nitrogen functional groups attached to an aromatic ring is 2. The largest absolute Gasteiger partial charge is 0.497 e. The van der Waals surface area contributed by atoms with Crippen molar-refractivity contribution in [3.8, 4) is 5.75 Å². The number of nitrogens with one attached hydrogen (secondary N) is 1. The Bertz CT molecular complexity index is 933. The van der Waals surface area contributed by atoms with Crippen molar-refractivity contribution >= 4 is 33.5 Å². The van der Waals surface area contributed by atoms with Crippen LogP contribution in [0.15, 0.2) is 30.0 Å². The molecule has 7 heteroatoms. The van der Waals surface area contributed by atoms with E-state index in [0.29, 0.717) is 21.5 Å². The minimum absolute atomic E-state index is 0.117. The molecular weight excluding hydrogens is 372 g/mol. The van der Waals surface area contributed by atoms with Crippen LogP contribution in [0.25, 0.3) is 5.57 Å². The Labute approximate surface area is 168 Å². The topological polar surface area (TPSA) is 116 Å². The Morgan fingerprint density at radius 1 is 1.14 bits per heavy atom. The first-order valence-corrected chi connectivity index (χ1v) is 10.4. The van der Waals surface area contributed by atoms with Crippen LogP contribution in [0.1, 0.15) is 58.8 Å². The zero-order valence-corrected chi connectivity index (χ0v) is 16.8. The van der Waals surface area contributed by atoms with Crippen LogP contribution in [0.3, 0.4) is 0 Å². The number of nitrogens with two attached hydrogens (primary N) is 3. The summed E-state index contributed by atoms with van der Waals surface area (Å²) in [5.41, 5.74) is 23.0. The number of anilines is 2. The highest BCUT2D eigenvalue weighted by atomic mass is 32.1. The second-order valence-electron chi connectivity index (χ2n) is 7.49. The number of methoxy groups -OCH3 is 1. The summed E-state index contributed by atoms with van der Waals surface area (Å²) in [6.07, 6.45) is 4.79. The fraction of sp³-hybridized carbons (Fsp3) is 0.381. The van der Waals surface area contributed by atoms with E-state index < -0.39 is 0 Å². The zero-order chi connectivity index (χ0) is 19.8. The first-order chi connectivity index (χ1) is 13.5. The van der Waals surface area contributed by atoms with Crippen molar-refractivity contribution in [2.45, 2.75) is 44.1 Å². The zero-order valence-electron chi connectivity index (χ0n) is 16.0. The maximum Gasteiger partial charge on any atom is 0.263 e. The van der Waals surface area contributed by atoms with Crippen LogP contribution in [0, 0.1) is 0 Å². The van der Waals surface area contributed by atoms with E-state index in [1.807, 2.05) is 24.3 Å². The van der Waals surface area contributed by atoms with E-state index >= 15 is 0 Å². The van der Waals surface area contributed by atoms with E-state index in [9.17, 15) is 4.79 Å². The van der Waals surface area contributed by atoms with Crippen molar-refractivity contribution in [1.29, 1.82) is 0 Å². The molecular formula is C21H26N4O2S. The lowest BCUT2D eigenvalue weighted by Gasteiger charge is -2.18. The summed E-state index contributed by atoms with van der Waals surface area (Å²) in [4.78, 5) is 13.3. The van der Waals surface area contributed by atoms with E-state index in [1.54, 1.807) is 7.11 Å².